The van der Waals surface area contributed by atoms with Gasteiger partial charge in [-0.1, -0.05) is 32.0 Å². The normalized spacial score (nSPS) is 10.9. The Morgan fingerprint density at radius 2 is 2.15 bits per heavy atom. The molecule has 0 atom stereocenters. The first-order valence-corrected chi connectivity index (χ1v) is 7.15. The van der Waals surface area contributed by atoms with Crippen molar-refractivity contribution in [3.05, 3.63) is 48.5 Å². The summed E-state index contributed by atoms with van der Waals surface area (Å²) in [5.74, 6) is 0.978. The predicted octanol–water partition coefficient (Wildman–Crippen LogP) is 2.85. The van der Waals surface area contributed by atoms with Gasteiger partial charge in [-0.3, -0.25) is 0 Å². The van der Waals surface area contributed by atoms with Crippen LogP contribution in [0.15, 0.2) is 43.0 Å². The zero-order valence-corrected chi connectivity index (χ0v) is 12.2. The van der Waals surface area contributed by atoms with Crippen molar-refractivity contribution >= 4 is 0 Å². The maximum absolute atomic E-state index is 5.89. The van der Waals surface area contributed by atoms with Crippen molar-refractivity contribution in [3.63, 3.8) is 0 Å². The third-order valence-corrected chi connectivity index (χ3v) is 3.05. The number of para-hydroxylation sites is 1. The fourth-order valence-corrected chi connectivity index (χ4v) is 1.95. The van der Waals surface area contributed by atoms with Crippen molar-refractivity contribution < 1.29 is 4.74 Å². The summed E-state index contributed by atoms with van der Waals surface area (Å²) in [5.41, 5.74) is 1.21. The van der Waals surface area contributed by atoms with Gasteiger partial charge >= 0.3 is 0 Å². The summed E-state index contributed by atoms with van der Waals surface area (Å²) in [6, 6.07) is 8.69. The number of rotatable bonds is 8. The fraction of sp³-hybridized carbons (Fsp3) is 0.438. The largest absolute Gasteiger partial charge is 0.493 e. The number of nitrogens with zero attached hydrogens (tertiary/aromatic N) is 2. The minimum absolute atomic E-state index is 0.476. The van der Waals surface area contributed by atoms with Crippen LogP contribution in [-0.4, -0.2) is 22.2 Å². The van der Waals surface area contributed by atoms with Gasteiger partial charge in [-0.15, -0.1) is 0 Å². The first-order valence-electron chi connectivity index (χ1n) is 7.15. The van der Waals surface area contributed by atoms with Crippen LogP contribution in [0.25, 0.3) is 0 Å². The van der Waals surface area contributed by atoms with Crippen LogP contribution < -0.4 is 10.1 Å². The van der Waals surface area contributed by atoms with Crippen LogP contribution in [0.4, 0.5) is 0 Å². The number of ether oxygens (including phenoxy) is 1. The lowest BCUT2D eigenvalue weighted by Crippen LogP contribution is -2.22. The van der Waals surface area contributed by atoms with Gasteiger partial charge in [0.2, 0.25) is 0 Å². The first-order chi connectivity index (χ1) is 9.75. The molecule has 0 unspecified atom stereocenters. The Kier molecular flexibility index (Phi) is 5.62. The molecule has 4 heteroatoms. The Morgan fingerprint density at radius 3 is 2.90 bits per heavy atom. The van der Waals surface area contributed by atoms with Crippen LogP contribution in [-0.2, 0) is 13.1 Å². The summed E-state index contributed by atoms with van der Waals surface area (Å²) in [7, 11) is 0. The molecule has 0 saturated heterocycles. The van der Waals surface area contributed by atoms with Crippen LogP contribution in [0.2, 0.25) is 0 Å². The standard InChI is InChI=1S/C16H23N3O/c1-14(2)18-12-15-6-3-4-7-16(15)20-11-5-9-19-10-8-17-13-19/h3-4,6-8,10,13-14,18H,5,9,11-12H2,1-2H3. The Labute approximate surface area is 120 Å². The fourth-order valence-electron chi connectivity index (χ4n) is 1.95. The molecule has 0 spiro atoms. The Morgan fingerprint density at radius 1 is 1.30 bits per heavy atom. The molecule has 0 amide bonds. The van der Waals surface area contributed by atoms with Gasteiger partial charge < -0.3 is 14.6 Å². The van der Waals surface area contributed by atoms with E-state index < -0.39 is 0 Å². The van der Waals surface area contributed by atoms with Crippen LogP contribution in [0.3, 0.4) is 0 Å². The molecule has 2 aromatic rings. The van der Waals surface area contributed by atoms with E-state index in [1.807, 2.05) is 24.7 Å². The number of benzene rings is 1. The molecule has 1 heterocycles. The first kappa shape index (κ1) is 14.6. The lowest BCUT2D eigenvalue weighted by atomic mass is 10.2. The van der Waals surface area contributed by atoms with E-state index in [2.05, 4.69) is 40.8 Å². The number of imidazole rings is 1. The minimum Gasteiger partial charge on any atom is -0.493 e. The van der Waals surface area contributed by atoms with Crippen molar-refractivity contribution in [1.82, 2.24) is 14.9 Å². The highest BCUT2D eigenvalue weighted by Crippen LogP contribution is 2.18. The van der Waals surface area contributed by atoms with Crippen LogP contribution in [0.5, 0.6) is 5.75 Å². The number of hydrogen-bond donors (Lipinski definition) is 1. The van der Waals surface area contributed by atoms with E-state index in [4.69, 9.17) is 4.74 Å². The summed E-state index contributed by atoms with van der Waals surface area (Å²) in [5, 5.41) is 3.42. The maximum atomic E-state index is 5.89. The highest BCUT2D eigenvalue weighted by atomic mass is 16.5. The summed E-state index contributed by atoms with van der Waals surface area (Å²) >= 11 is 0. The van der Waals surface area contributed by atoms with E-state index >= 15 is 0 Å². The van der Waals surface area contributed by atoms with E-state index in [1.165, 1.54) is 5.56 Å². The Balaban J connectivity index is 1.79. The number of hydrogen-bond acceptors (Lipinski definition) is 3. The molecule has 1 aromatic heterocycles. The monoisotopic (exact) mass is 273 g/mol. The quantitative estimate of drug-likeness (QED) is 0.752. The molecule has 0 fully saturated rings. The van der Waals surface area contributed by atoms with Gasteiger partial charge in [-0.2, -0.15) is 0 Å². The van der Waals surface area contributed by atoms with Gasteiger partial charge in [0.25, 0.3) is 0 Å². The SMILES string of the molecule is CC(C)NCc1ccccc1OCCCn1ccnc1. The van der Waals surface area contributed by atoms with E-state index in [-0.39, 0.29) is 0 Å². The van der Waals surface area contributed by atoms with E-state index in [0.717, 1.165) is 31.9 Å². The van der Waals surface area contributed by atoms with Gasteiger partial charge in [-0.05, 0) is 12.5 Å². The summed E-state index contributed by atoms with van der Waals surface area (Å²) in [6.45, 7) is 6.79. The average Bonchev–Trinajstić information content (AvgIpc) is 2.95. The molecule has 2 rings (SSSR count). The van der Waals surface area contributed by atoms with Gasteiger partial charge in [0.15, 0.2) is 0 Å². The highest BCUT2D eigenvalue weighted by molar-refractivity contribution is 5.33. The third kappa shape index (κ3) is 4.70. The molecule has 20 heavy (non-hydrogen) atoms. The van der Waals surface area contributed by atoms with E-state index in [0.29, 0.717) is 6.04 Å². The zero-order valence-electron chi connectivity index (χ0n) is 12.2. The molecule has 0 aliphatic carbocycles. The van der Waals surface area contributed by atoms with Crippen molar-refractivity contribution in [2.75, 3.05) is 6.61 Å². The van der Waals surface area contributed by atoms with Crippen LogP contribution in [0.1, 0.15) is 25.8 Å². The van der Waals surface area contributed by atoms with Crippen LogP contribution >= 0.6 is 0 Å². The summed E-state index contributed by atoms with van der Waals surface area (Å²) in [6.07, 6.45) is 6.58. The van der Waals surface area contributed by atoms with E-state index in [9.17, 15) is 0 Å². The predicted molar refractivity (Wildman–Crippen MR) is 80.8 cm³/mol. The smallest absolute Gasteiger partial charge is 0.123 e. The molecule has 0 saturated carbocycles. The molecule has 0 aliphatic heterocycles. The minimum atomic E-state index is 0.476. The van der Waals surface area contributed by atoms with E-state index in [1.54, 1.807) is 6.20 Å². The maximum Gasteiger partial charge on any atom is 0.123 e. The van der Waals surface area contributed by atoms with Gasteiger partial charge in [0.05, 0.1) is 12.9 Å². The molecule has 4 nitrogen and oxygen atoms in total. The number of aromatic nitrogens is 2. The van der Waals surface area contributed by atoms with Crippen LogP contribution in [0, 0.1) is 0 Å². The summed E-state index contributed by atoms with van der Waals surface area (Å²) < 4.78 is 7.96. The molecule has 1 N–H and O–H groups in total. The van der Waals surface area contributed by atoms with Gasteiger partial charge in [0, 0.05) is 37.1 Å². The molecule has 0 bridgehead atoms. The lowest BCUT2D eigenvalue weighted by molar-refractivity contribution is 0.298. The second-order valence-corrected chi connectivity index (χ2v) is 5.15. The van der Waals surface area contributed by atoms with Gasteiger partial charge in [0.1, 0.15) is 5.75 Å². The zero-order chi connectivity index (χ0) is 14.2. The molecular formula is C16H23N3O. The Hall–Kier alpha value is -1.81. The van der Waals surface area contributed by atoms with Crippen molar-refractivity contribution in [1.29, 1.82) is 0 Å². The molecule has 0 radical (unpaired) electrons. The molecule has 108 valence electrons. The third-order valence-electron chi connectivity index (χ3n) is 3.05. The van der Waals surface area contributed by atoms with Crippen molar-refractivity contribution in [2.24, 2.45) is 0 Å². The number of aryl methyl sites for hydroxylation is 1. The molecule has 0 aliphatic rings. The highest BCUT2D eigenvalue weighted by Gasteiger charge is 2.03. The van der Waals surface area contributed by atoms with Crippen molar-refractivity contribution in [3.8, 4) is 5.75 Å². The molecule has 1 aromatic carbocycles. The van der Waals surface area contributed by atoms with Gasteiger partial charge in [-0.25, -0.2) is 4.98 Å². The second-order valence-electron chi connectivity index (χ2n) is 5.15. The second kappa shape index (κ2) is 7.70. The Bertz CT molecular complexity index is 494. The number of nitrogens with one attached hydrogen (secondary N) is 1. The average molecular weight is 273 g/mol. The topological polar surface area (TPSA) is 39.1 Å². The van der Waals surface area contributed by atoms with Crippen molar-refractivity contribution in [2.45, 2.75) is 39.4 Å². The lowest BCUT2D eigenvalue weighted by Gasteiger charge is -2.13. The molecular weight excluding hydrogens is 250 g/mol. The summed E-state index contributed by atoms with van der Waals surface area (Å²) in [4.78, 5) is 4.03.